The molecule has 1 aromatic rings. The van der Waals surface area contributed by atoms with Crippen LogP contribution in [0.1, 0.15) is 5.56 Å². The fourth-order valence-electron chi connectivity index (χ4n) is 1.14. The van der Waals surface area contributed by atoms with Gasteiger partial charge in [-0.05, 0) is 36.0 Å². The molecule has 0 fully saturated rings. The second-order valence-corrected chi connectivity index (χ2v) is 4.46. The number of hydrogen-bond donors (Lipinski definition) is 1. The second kappa shape index (κ2) is 5.73. The highest BCUT2D eigenvalue weighted by Gasteiger charge is 2.30. The van der Waals surface area contributed by atoms with Gasteiger partial charge < -0.3 is 5.32 Å². The van der Waals surface area contributed by atoms with Crippen LogP contribution in [0.3, 0.4) is 0 Å². The highest BCUT2D eigenvalue weighted by molar-refractivity contribution is 8.00. The summed E-state index contributed by atoms with van der Waals surface area (Å²) in [5, 5.41) is 2.61. The highest BCUT2D eigenvalue weighted by atomic mass is 32.2. The van der Waals surface area contributed by atoms with E-state index in [9.17, 15) is 26.3 Å². The van der Waals surface area contributed by atoms with E-state index >= 15 is 0 Å². The standard InChI is InChI=1S/C10H9F6NS/c11-9(12,13)7-1-3-8(4-2-7)17-5-6-18-10(14,15)16/h1-4,17H,5-6H2. The highest BCUT2D eigenvalue weighted by Crippen LogP contribution is 2.31. The van der Waals surface area contributed by atoms with E-state index < -0.39 is 17.2 Å². The largest absolute Gasteiger partial charge is 0.441 e. The lowest BCUT2D eigenvalue weighted by atomic mass is 10.2. The fourth-order valence-corrected chi connectivity index (χ4v) is 1.57. The van der Waals surface area contributed by atoms with E-state index in [0.717, 1.165) is 12.1 Å². The van der Waals surface area contributed by atoms with E-state index in [1.807, 2.05) is 0 Å². The van der Waals surface area contributed by atoms with Gasteiger partial charge in [0.2, 0.25) is 0 Å². The molecular weight excluding hydrogens is 280 g/mol. The predicted molar refractivity (Wildman–Crippen MR) is 58.4 cm³/mol. The van der Waals surface area contributed by atoms with Crippen LogP contribution in [0.2, 0.25) is 0 Å². The summed E-state index contributed by atoms with van der Waals surface area (Å²) >= 11 is -0.182. The van der Waals surface area contributed by atoms with E-state index in [2.05, 4.69) is 5.32 Å². The van der Waals surface area contributed by atoms with Crippen molar-refractivity contribution in [2.45, 2.75) is 11.7 Å². The molecule has 0 aliphatic rings. The predicted octanol–water partition coefficient (Wildman–Crippen LogP) is 4.37. The number of rotatable bonds is 4. The van der Waals surface area contributed by atoms with Gasteiger partial charge in [-0.2, -0.15) is 26.3 Å². The van der Waals surface area contributed by atoms with Gasteiger partial charge in [0.05, 0.1) is 5.56 Å². The van der Waals surface area contributed by atoms with Gasteiger partial charge in [0, 0.05) is 18.0 Å². The van der Waals surface area contributed by atoms with E-state index in [0.29, 0.717) is 5.69 Å². The fraction of sp³-hybridized carbons (Fsp3) is 0.400. The summed E-state index contributed by atoms with van der Waals surface area (Å²) in [6.45, 7) is 0.0234. The molecule has 8 heteroatoms. The van der Waals surface area contributed by atoms with Crippen molar-refractivity contribution < 1.29 is 26.3 Å². The van der Waals surface area contributed by atoms with Crippen molar-refractivity contribution in [1.29, 1.82) is 0 Å². The molecule has 18 heavy (non-hydrogen) atoms. The zero-order valence-corrected chi connectivity index (χ0v) is 9.72. The average Bonchev–Trinajstić information content (AvgIpc) is 2.22. The van der Waals surface area contributed by atoms with Crippen LogP contribution >= 0.6 is 11.8 Å². The Morgan fingerprint density at radius 1 is 0.944 bits per heavy atom. The van der Waals surface area contributed by atoms with Crippen LogP contribution in [0.15, 0.2) is 24.3 Å². The molecule has 0 saturated carbocycles. The van der Waals surface area contributed by atoms with Crippen molar-refractivity contribution in [3.63, 3.8) is 0 Å². The number of anilines is 1. The van der Waals surface area contributed by atoms with E-state index in [1.54, 1.807) is 0 Å². The molecule has 0 unspecified atom stereocenters. The molecule has 0 atom stereocenters. The Kier molecular flexibility index (Phi) is 4.78. The number of thioether (sulfide) groups is 1. The quantitative estimate of drug-likeness (QED) is 0.652. The van der Waals surface area contributed by atoms with Crippen molar-refractivity contribution in [3.8, 4) is 0 Å². The molecule has 1 N–H and O–H groups in total. The molecule has 0 aromatic heterocycles. The maximum Gasteiger partial charge on any atom is 0.441 e. The van der Waals surface area contributed by atoms with E-state index in [-0.39, 0.29) is 24.1 Å². The number of halogens is 6. The van der Waals surface area contributed by atoms with Crippen LogP contribution in [0.4, 0.5) is 32.0 Å². The minimum absolute atomic E-state index is 0.0234. The Morgan fingerprint density at radius 3 is 1.94 bits per heavy atom. The molecule has 0 aliphatic carbocycles. The molecule has 0 aliphatic heterocycles. The Hall–Kier alpha value is -1.05. The first-order chi connectivity index (χ1) is 8.18. The summed E-state index contributed by atoms with van der Waals surface area (Å²) in [6, 6.07) is 4.11. The van der Waals surface area contributed by atoms with E-state index in [1.165, 1.54) is 12.1 Å². The third-order valence-electron chi connectivity index (χ3n) is 1.91. The van der Waals surface area contributed by atoms with Crippen LogP contribution in [0.5, 0.6) is 0 Å². The number of nitrogens with one attached hydrogen (secondary N) is 1. The first-order valence-electron chi connectivity index (χ1n) is 4.80. The van der Waals surface area contributed by atoms with Gasteiger partial charge >= 0.3 is 11.7 Å². The van der Waals surface area contributed by atoms with Crippen LogP contribution in [-0.4, -0.2) is 17.8 Å². The number of benzene rings is 1. The Bertz CT molecular complexity index is 369. The van der Waals surface area contributed by atoms with Crippen molar-refractivity contribution in [3.05, 3.63) is 29.8 Å². The Balaban J connectivity index is 2.41. The van der Waals surface area contributed by atoms with Gasteiger partial charge in [0.25, 0.3) is 0 Å². The van der Waals surface area contributed by atoms with Crippen LogP contribution in [-0.2, 0) is 6.18 Å². The molecule has 0 amide bonds. The zero-order chi connectivity index (χ0) is 13.8. The minimum Gasteiger partial charge on any atom is -0.384 e. The van der Waals surface area contributed by atoms with Crippen molar-refractivity contribution in [2.24, 2.45) is 0 Å². The first-order valence-corrected chi connectivity index (χ1v) is 5.79. The number of hydrogen-bond acceptors (Lipinski definition) is 2. The summed E-state index contributed by atoms with van der Waals surface area (Å²) in [4.78, 5) is 0. The Labute approximate surface area is 104 Å². The number of alkyl halides is 6. The second-order valence-electron chi connectivity index (χ2n) is 3.30. The molecule has 1 nitrogen and oxygen atoms in total. The summed E-state index contributed by atoms with van der Waals surface area (Å²) in [6.07, 6.45) is -4.41. The molecule has 1 rings (SSSR count). The lowest BCUT2D eigenvalue weighted by Crippen LogP contribution is -2.10. The summed E-state index contributed by atoms with van der Waals surface area (Å²) in [5.41, 5.74) is -4.73. The maximum absolute atomic E-state index is 12.2. The smallest absolute Gasteiger partial charge is 0.384 e. The molecule has 0 spiro atoms. The van der Waals surface area contributed by atoms with Gasteiger partial charge in [0.15, 0.2) is 0 Å². The molecule has 1 aromatic carbocycles. The monoisotopic (exact) mass is 289 g/mol. The Morgan fingerprint density at radius 2 is 1.50 bits per heavy atom. The zero-order valence-electron chi connectivity index (χ0n) is 8.90. The van der Waals surface area contributed by atoms with Gasteiger partial charge in [-0.3, -0.25) is 0 Å². The first kappa shape index (κ1) is 15.0. The summed E-state index contributed by atoms with van der Waals surface area (Å²) in [7, 11) is 0. The summed E-state index contributed by atoms with van der Waals surface area (Å²) in [5.74, 6) is -0.204. The van der Waals surface area contributed by atoms with Crippen molar-refractivity contribution in [1.82, 2.24) is 0 Å². The third kappa shape index (κ3) is 5.52. The summed E-state index contributed by atoms with van der Waals surface area (Å²) < 4.78 is 72.0. The normalized spacial score (nSPS) is 12.6. The van der Waals surface area contributed by atoms with Gasteiger partial charge in [-0.1, -0.05) is 0 Å². The topological polar surface area (TPSA) is 12.0 Å². The maximum atomic E-state index is 12.2. The van der Waals surface area contributed by atoms with Gasteiger partial charge in [0.1, 0.15) is 0 Å². The lowest BCUT2D eigenvalue weighted by Gasteiger charge is -2.10. The van der Waals surface area contributed by atoms with Crippen molar-refractivity contribution >= 4 is 17.4 Å². The average molecular weight is 289 g/mol. The van der Waals surface area contributed by atoms with E-state index in [4.69, 9.17) is 0 Å². The van der Waals surface area contributed by atoms with Gasteiger partial charge in [-0.15, -0.1) is 0 Å². The minimum atomic E-state index is -4.41. The third-order valence-corrected chi connectivity index (χ3v) is 2.64. The van der Waals surface area contributed by atoms with Crippen LogP contribution < -0.4 is 5.32 Å². The molecule has 0 heterocycles. The molecule has 102 valence electrons. The van der Waals surface area contributed by atoms with Crippen LogP contribution in [0.25, 0.3) is 0 Å². The van der Waals surface area contributed by atoms with Crippen LogP contribution in [0, 0.1) is 0 Å². The SMILES string of the molecule is FC(F)(F)SCCNc1ccc(C(F)(F)F)cc1. The van der Waals surface area contributed by atoms with Gasteiger partial charge in [-0.25, -0.2) is 0 Å². The lowest BCUT2D eigenvalue weighted by molar-refractivity contribution is -0.137. The molecular formula is C10H9F6NS. The van der Waals surface area contributed by atoms with Crippen molar-refractivity contribution in [2.75, 3.05) is 17.6 Å². The molecule has 0 radical (unpaired) electrons. The molecule has 0 bridgehead atoms. The molecule has 0 saturated heterocycles.